The van der Waals surface area contributed by atoms with Crippen LogP contribution in [0.4, 0.5) is 5.69 Å². The van der Waals surface area contributed by atoms with Gasteiger partial charge in [0, 0.05) is 6.54 Å². The molecule has 0 saturated carbocycles. The van der Waals surface area contributed by atoms with E-state index < -0.39 is 4.92 Å². The summed E-state index contributed by atoms with van der Waals surface area (Å²) in [6, 6.07) is 3.21. The van der Waals surface area contributed by atoms with Gasteiger partial charge in [0.2, 0.25) is 0 Å². The van der Waals surface area contributed by atoms with Crippen LogP contribution >= 0.6 is 0 Å². The number of nitrogens with one attached hydrogen (secondary N) is 1. The minimum atomic E-state index is -0.519. The van der Waals surface area contributed by atoms with Crippen LogP contribution in [0.3, 0.4) is 0 Å². The molecule has 0 spiro atoms. The Morgan fingerprint density at radius 3 is 3.00 bits per heavy atom. The van der Waals surface area contributed by atoms with Crippen molar-refractivity contribution in [3.05, 3.63) is 46.2 Å². The lowest BCUT2D eigenvalue weighted by Gasteiger charge is -2.00. The maximum Gasteiger partial charge on any atom is 0.307 e. The highest BCUT2D eigenvalue weighted by Crippen LogP contribution is 2.12. The molecule has 1 amide bonds. The van der Waals surface area contributed by atoms with Gasteiger partial charge in [-0.2, -0.15) is 5.10 Å². The van der Waals surface area contributed by atoms with Crippen molar-refractivity contribution in [1.29, 1.82) is 0 Å². The lowest BCUT2D eigenvalue weighted by Crippen LogP contribution is -2.23. The number of amides is 1. The number of hydrogen-bond donors (Lipinski definition) is 1. The monoisotopic (exact) mass is 278 g/mol. The lowest BCUT2D eigenvalue weighted by molar-refractivity contribution is -0.385. The average Bonchev–Trinajstić information content (AvgIpc) is 3.05. The number of aromatic nitrogens is 2. The van der Waals surface area contributed by atoms with Gasteiger partial charge < -0.3 is 9.73 Å². The van der Waals surface area contributed by atoms with Crippen molar-refractivity contribution < 1.29 is 14.1 Å². The van der Waals surface area contributed by atoms with E-state index in [9.17, 15) is 14.9 Å². The van der Waals surface area contributed by atoms with Crippen LogP contribution in [0.2, 0.25) is 0 Å². The number of rotatable bonds is 6. The molecule has 2 rings (SSSR count). The summed E-state index contributed by atoms with van der Waals surface area (Å²) < 4.78 is 6.75. The van der Waals surface area contributed by atoms with Crippen LogP contribution in [0.1, 0.15) is 29.7 Å². The molecule has 0 fully saturated rings. The Kier molecular flexibility index (Phi) is 4.14. The summed E-state index contributed by atoms with van der Waals surface area (Å²) in [4.78, 5) is 21.7. The van der Waals surface area contributed by atoms with E-state index in [1.54, 1.807) is 12.1 Å². The zero-order valence-corrected chi connectivity index (χ0v) is 10.9. The Hall–Kier alpha value is -2.64. The fourth-order valence-electron chi connectivity index (χ4n) is 1.60. The number of hydrogen-bond acceptors (Lipinski definition) is 5. The van der Waals surface area contributed by atoms with Gasteiger partial charge in [0.15, 0.2) is 5.76 Å². The molecule has 0 unspecified atom stereocenters. The first kappa shape index (κ1) is 13.8. The summed E-state index contributed by atoms with van der Waals surface area (Å²) in [5.74, 6) is 0.448. The second-order valence-electron chi connectivity index (χ2n) is 4.18. The van der Waals surface area contributed by atoms with Crippen molar-refractivity contribution in [2.75, 3.05) is 6.54 Å². The van der Waals surface area contributed by atoms with Crippen LogP contribution in [0.15, 0.2) is 28.9 Å². The molecule has 20 heavy (non-hydrogen) atoms. The topological polar surface area (TPSA) is 103 Å². The molecule has 106 valence electrons. The van der Waals surface area contributed by atoms with Crippen molar-refractivity contribution in [2.45, 2.75) is 19.9 Å². The lowest BCUT2D eigenvalue weighted by atomic mass is 10.4. The Bertz CT molecular complexity index is 617. The Morgan fingerprint density at radius 1 is 1.55 bits per heavy atom. The van der Waals surface area contributed by atoms with Crippen molar-refractivity contribution in [1.82, 2.24) is 15.1 Å². The Labute approximate surface area is 114 Å². The van der Waals surface area contributed by atoms with Gasteiger partial charge in [-0.05, 0) is 18.6 Å². The molecule has 2 aromatic rings. The summed E-state index contributed by atoms with van der Waals surface area (Å²) in [6.45, 7) is 2.77. The van der Waals surface area contributed by atoms with Crippen molar-refractivity contribution >= 4 is 11.6 Å². The highest BCUT2D eigenvalue weighted by molar-refractivity contribution is 5.91. The number of nitro groups is 1. The molecular formula is C12H14N4O4. The number of nitrogens with zero attached hydrogens (tertiary/aromatic N) is 3. The van der Waals surface area contributed by atoms with Crippen molar-refractivity contribution in [2.24, 2.45) is 0 Å². The van der Waals surface area contributed by atoms with E-state index in [2.05, 4.69) is 10.4 Å². The SMILES string of the molecule is CCCNC(=O)c1ccc(Cn2cc([N+](=O)[O-])cn2)o1. The largest absolute Gasteiger partial charge is 0.454 e. The summed E-state index contributed by atoms with van der Waals surface area (Å²) in [6.07, 6.45) is 3.31. The predicted octanol–water partition coefficient (Wildman–Crippen LogP) is 1.57. The standard InChI is InChI=1S/C12H14N4O4/c1-2-5-13-12(17)11-4-3-10(20-11)8-15-7-9(6-14-15)16(18)19/h3-4,6-7H,2,5,8H2,1H3,(H,13,17). The molecule has 2 aromatic heterocycles. The van der Waals surface area contributed by atoms with E-state index in [0.29, 0.717) is 12.3 Å². The molecule has 2 heterocycles. The van der Waals surface area contributed by atoms with Gasteiger partial charge in [-0.15, -0.1) is 0 Å². The van der Waals surface area contributed by atoms with Crippen LogP contribution in [0.25, 0.3) is 0 Å². The number of furan rings is 1. The van der Waals surface area contributed by atoms with Crippen LogP contribution in [0, 0.1) is 10.1 Å². The number of carbonyl (C=O) groups excluding carboxylic acids is 1. The highest BCUT2D eigenvalue weighted by Gasteiger charge is 2.13. The smallest absolute Gasteiger partial charge is 0.307 e. The van der Waals surface area contributed by atoms with Gasteiger partial charge in [-0.25, -0.2) is 0 Å². The van der Waals surface area contributed by atoms with Gasteiger partial charge in [0.1, 0.15) is 18.2 Å². The molecule has 0 aliphatic heterocycles. The molecule has 0 atom stereocenters. The van der Waals surface area contributed by atoms with Gasteiger partial charge in [-0.3, -0.25) is 19.6 Å². The van der Waals surface area contributed by atoms with Crippen LogP contribution in [-0.4, -0.2) is 27.2 Å². The molecule has 1 N–H and O–H groups in total. The van der Waals surface area contributed by atoms with E-state index in [1.807, 2.05) is 6.92 Å². The first-order chi connectivity index (χ1) is 9.60. The van der Waals surface area contributed by atoms with Crippen molar-refractivity contribution in [3.8, 4) is 0 Å². The third-order valence-corrected chi connectivity index (χ3v) is 2.57. The van der Waals surface area contributed by atoms with E-state index in [1.165, 1.54) is 10.9 Å². The fourth-order valence-corrected chi connectivity index (χ4v) is 1.60. The third kappa shape index (κ3) is 3.22. The summed E-state index contributed by atoms with van der Waals surface area (Å²) >= 11 is 0. The molecule has 0 aliphatic carbocycles. The molecule has 0 radical (unpaired) electrons. The third-order valence-electron chi connectivity index (χ3n) is 2.57. The zero-order chi connectivity index (χ0) is 14.5. The maximum absolute atomic E-state index is 11.6. The van der Waals surface area contributed by atoms with Crippen LogP contribution in [0.5, 0.6) is 0 Å². The molecule has 8 heteroatoms. The van der Waals surface area contributed by atoms with Gasteiger partial charge in [-0.1, -0.05) is 6.92 Å². The molecule has 0 aromatic carbocycles. The molecule has 0 aliphatic rings. The van der Waals surface area contributed by atoms with Gasteiger partial charge >= 0.3 is 5.69 Å². The Morgan fingerprint density at radius 2 is 2.35 bits per heavy atom. The van der Waals surface area contributed by atoms with E-state index >= 15 is 0 Å². The van der Waals surface area contributed by atoms with Gasteiger partial charge in [0.05, 0.1) is 11.5 Å². The summed E-state index contributed by atoms with van der Waals surface area (Å²) in [5.41, 5.74) is -0.0857. The average molecular weight is 278 g/mol. The summed E-state index contributed by atoms with van der Waals surface area (Å²) in [5, 5.41) is 17.1. The molecular weight excluding hydrogens is 264 g/mol. The first-order valence-electron chi connectivity index (χ1n) is 6.14. The van der Waals surface area contributed by atoms with E-state index in [-0.39, 0.29) is 23.9 Å². The van der Waals surface area contributed by atoms with Crippen LogP contribution < -0.4 is 5.32 Å². The Balaban J connectivity index is 2.01. The summed E-state index contributed by atoms with van der Waals surface area (Å²) in [7, 11) is 0. The fraction of sp³-hybridized carbons (Fsp3) is 0.333. The minimum absolute atomic E-state index is 0.0857. The second kappa shape index (κ2) is 6.00. The molecule has 0 saturated heterocycles. The van der Waals surface area contributed by atoms with E-state index in [0.717, 1.165) is 12.6 Å². The van der Waals surface area contributed by atoms with Crippen molar-refractivity contribution in [3.63, 3.8) is 0 Å². The number of carbonyl (C=O) groups is 1. The minimum Gasteiger partial charge on any atom is -0.454 e. The predicted molar refractivity (Wildman–Crippen MR) is 69.3 cm³/mol. The maximum atomic E-state index is 11.6. The van der Waals surface area contributed by atoms with Gasteiger partial charge in [0.25, 0.3) is 5.91 Å². The molecule has 8 nitrogen and oxygen atoms in total. The van der Waals surface area contributed by atoms with Crippen LogP contribution in [-0.2, 0) is 6.54 Å². The van der Waals surface area contributed by atoms with E-state index in [4.69, 9.17) is 4.42 Å². The quantitative estimate of drug-likeness (QED) is 0.638. The zero-order valence-electron chi connectivity index (χ0n) is 10.9. The first-order valence-corrected chi connectivity index (χ1v) is 6.14. The second-order valence-corrected chi connectivity index (χ2v) is 4.18. The molecule has 0 bridgehead atoms. The normalized spacial score (nSPS) is 10.4. The highest BCUT2D eigenvalue weighted by atomic mass is 16.6.